The molecule has 0 fully saturated rings. The van der Waals surface area contributed by atoms with Crippen molar-refractivity contribution in [2.24, 2.45) is 0 Å². The van der Waals surface area contributed by atoms with Crippen LogP contribution in [0.25, 0.3) is 6.08 Å². The first-order valence-corrected chi connectivity index (χ1v) is 7.49. The van der Waals surface area contributed by atoms with E-state index in [4.69, 9.17) is 20.9 Å². The van der Waals surface area contributed by atoms with Crippen LogP contribution in [0.15, 0.2) is 46.5 Å². The van der Waals surface area contributed by atoms with Crippen LogP contribution in [0.1, 0.15) is 17.0 Å². The summed E-state index contributed by atoms with van der Waals surface area (Å²) in [6.45, 7) is 2.55. The second kappa shape index (κ2) is 6.71. The number of halogens is 1. The number of fused-ring (bicyclic) bond motifs is 1. The normalized spacial score (nSPS) is 13.4. The van der Waals surface area contributed by atoms with Gasteiger partial charge in [-0.15, -0.1) is 0 Å². The number of aromatic nitrogens is 1. The van der Waals surface area contributed by atoms with Gasteiger partial charge in [-0.1, -0.05) is 22.8 Å². The number of rotatable bonds is 4. The zero-order valence-corrected chi connectivity index (χ0v) is 13.3. The molecule has 6 heteroatoms. The van der Waals surface area contributed by atoms with E-state index in [2.05, 4.69) is 10.5 Å². The first kappa shape index (κ1) is 15.4. The smallest absolute Gasteiger partial charge is 0.244 e. The van der Waals surface area contributed by atoms with Crippen LogP contribution in [0, 0.1) is 6.92 Å². The van der Waals surface area contributed by atoms with Gasteiger partial charge >= 0.3 is 0 Å². The second-order valence-electron chi connectivity index (χ2n) is 5.18. The average molecular weight is 331 g/mol. The van der Waals surface area contributed by atoms with Crippen molar-refractivity contribution in [1.82, 2.24) is 10.5 Å². The monoisotopic (exact) mass is 330 g/mol. The van der Waals surface area contributed by atoms with Gasteiger partial charge < -0.3 is 14.6 Å². The lowest BCUT2D eigenvalue weighted by molar-refractivity contribution is -0.116. The molecule has 0 atom stereocenters. The number of nitrogens with one attached hydrogen (secondary N) is 1. The molecular weight excluding hydrogens is 316 g/mol. The van der Waals surface area contributed by atoms with Gasteiger partial charge in [-0.25, -0.2) is 0 Å². The fourth-order valence-electron chi connectivity index (χ4n) is 2.18. The highest BCUT2D eigenvalue weighted by Gasteiger charge is 2.10. The molecule has 1 aromatic heterocycles. The number of hydrogen-bond donors (Lipinski definition) is 1. The van der Waals surface area contributed by atoms with Gasteiger partial charge in [0.15, 0.2) is 5.76 Å². The minimum atomic E-state index is -0.211. The molecule has 0 bridgehead atoms. The molecule has 0 aliphatic carbocycles. The van der Waals surface area contributed by atoms with E-state index in [0.29, 0.717) is 23.9 Å². The summed E-state index contributed by atoms with van der Waals surface area (Å²) < 4.78 is 10.6. The molecule has 0 saturated heterocycles. The number of carbonyl (C=O) groups excluding carboxylic acids is 1. The minimum Gasteiger partial charge on any atom is -0.488 e. The summed E-state index contributed by atoms with van der Waals surface area (Å²) in [5.41, 5.74) is 2.58. The molecule has 0 radical (unpaired) electrons. The van der Waals surface area contributed by atoms with Crippen LogP contribution in [0.5, 0.6) is 5.75 Å². The van der Waals surface area contributed by atoms with E-state index < -0.39 is 0 Å². The van der Waals surface area contributed by atoms with Crippen LogP contribution in [-0.4, -0.2) is 17.7 Å². The summed E-state index contributed by atoms with van der Waals surface area (Å²) in [6.07, 6.45) is 5.15. The van der Waals surface area contributed by atoms with E-state index in [9.17, 15) is 4.79 Å². The Kier molecular flexibility index (Phi) is 4.48. The van der Waals surface area contributed by atoms with Gasteiger partial charge in [-0.2, -0.15) is 0 Å². The van der Waals surface area contributed by atoms with Gasteiger partial charge in [0, 0.05) is 22.7 Å². The van der Waals surface area contributed by atoms with Crippen LogP contribution in [-0.2, 0) is 11.3 Å². The molecule has 0 saturated carbocycles. The van der Waals surface area contributed by atoms with Crippen molar-refractivity contribution < 1.29 is 14.1 Å². The van der Waals surface area contributed by atoms with Crippen LogP contribution in [0.2, 0.25) is 5.02 Å². The molecule has 1 aliphatic heterocycles. The van der Waals surface area contributed by atoms with Crippen LogP contribution < -0.4 is 10.1 Å². The van der Waals surface area contributed by atoms with E-state index in [1.165, 1.54) is 6.08 Å². The van der Waals surface area contributed by atoms with Gasteiger partial charge in [0.25, 0.3) is 0 Å². The van der Waals surface area contributed by atoms with E-state index >= 15 is 0 Å². The summed E-state index contributed by atoms with van der Waals surface area (Å²) in [6, 6.07) is 7.23. The third-order valence-corrected chi connectivity index (χ3v) is 3.50. The molecule has 0 spiro atoms. The number of amides is 1. The maximum absolute atomic E-state index is 11.8. The maximum atomic E-state index is 11.8. The van der Waals surface area contributed by atoms with Crippen molar-refractivity contribution in [1.29, 1.82) is 0 Å². The zero-order valence-electron chi connectivity index (χ0n) is 12.5. The standard InChI is InChI=1S/C17H15ClN2O3/c1-11-6-15(23-20-11)9-19-17(21)5-2-12-7-13-8-14(18)3-4-16(13)22-10-12/h2-8H,9-10H2,1H3,(H,19,21). The Bertz CT molecular complexity index is 793. The predicted molar refractivity (Wildman–Crippen MR) is 87.2 cm³/mol. The van der Waals surface area contributed by atoms with Crippen molar-refractivity contribution in [3.05, 3.63) is 64.0 Å². The summed E-state index contributed by atoms with van der Waals surface area (Å²) in [5, 5.41) is 7.14. The van der Waals surface area contributed by atoms with E-state index in [-0.39, 0.29) is 5.91 Å². The number of carbonyl (C=O) groups is 1. The van der Waals surface area contributed by atoms with Crippen molar-refractivity contribution in [3.63, 3.8) is 0 Å². The van der Waals surface area contributed by atoms with E-state index in [1.54, 1.807) is 18.2 Å². The highest BCUT2D eigenvalue weighted by atomic mass is 35.5. The summed E-state index contributed by atoms with van der Waals surface area (Å²) in [5.74, 6) is 1.20. The van der Waals surface area contributed by atoms with E-state index in [0.717, 1.165) is 22.6 Å². The third-order valence-electron chi connectivity index (χ3n) is 3.27. The van der Waals surface area contributed by atoms with E-state index in [1.807, 2.05) is 25.1 Å². The van der Waals surface area contributed by atoms with Gasteiger partial charge in [-0.05, 0) is 36.8 Å². The highest BCUT2D eigenvalue weighted by molar-refractivity contribution is 6.30. The minimum absolute atomic E-state index is 0.211. The highest BCUT2D eigenvalue weighted by Crippen LogP contribution is 2.29. The zero-order chi connectivity index (χ0) is 16.2. The molecule has 23 heavy (non-hydrogen) atoms. The lowest BCUT2D eigenvalue weighted by Crippen LogP contribution is -2.20. The SMILES string of the molecule is Cc1cc(CNC(=O)C=CC2=Cc3cc(Cl)ccc3OC2)on1. The number of ether oxygens (including phenoxy) is 1. The molecular formula is C17H15ClN2O3. The lowest BCUT2D eigenvalue weighted by atomic mass is 10.1. The summed E-state index contributed by atoms with van der Waals surface area (Å²) in [4.78, 5) is 11.8. The second-order valence-corrected chi connectivity index (χ2v) is 5.61. The summed E-state index contributed by atoms with van der Waals surface area (Å²) >= 11 is 5.97. The molecule has 1 N–H and O–H groups in total. The maximum Gasteiger partial charge on any atom is 0.244 e. The average Bonchev–Trinajstić information content (AvgIpc) is 2.96. The third kappa shape index (κ3) is 4.02. The predicted octanol–water partition coefficient (Wildman–Crippen LogP) is 3.28. The molecule has 5 nitrogen and oxygen atoms in total. The fourth-order valence-corrected chi connectivity index (χ4v) is 2.36. The van der Waals surface area contributed by atoms with Crippen LogP contribution in [0.3, 0.4) is 0 Å². The van der Waals surface area contributed by atoms with Crippen molar-refractivity contribution in [3.8, 4) is 5.75 Å². The molecule has 2 heterocycles. The Morgan fingerprint density at radius 2 is 2.30 bits per heavy atom. The van der Waals surface area contributed by atoms with Gasteiger partial charge in [0.05, 0.1) is 12.2 Å². The molecule has 118 valence electrons. The number of hydrogen-bond acceptors (Lipinski definition) is 4. The largest absolute Gasteiger partial charge is 0.488 e. The Balaban J connectivity index is 1.60. The molecule has 3 rings (SSSR count). The number of nitrogens with zero attached hydrogens (tertiary/aromatic N) is 1. The number of benzene rings is 1. The molecule has 1 amide bonds. The van der Waals surface area contributed by atoms with Crippen LogP contribution in [0.4, 0.5) is 0 Å². The van der Waals surface area contributed by atoms with Crippen molar-refractivity contribution in [2.75, 3.05) is 6.61 Å². The topological polar surface area (TPSA) is 64.4 Å². The van der Waals surface area contributed by atoms with Gasteiger partial charge in [0.2, 0.25) is 5.91 Å². The molecule has 1 aromatic carbocycles. The quantitative estimate of drug-likeness (QED) is 0.874. The Morgan fingerprint density at radius 3 is 3.09 bits per heavy atom. The van der Waals surface area contributed by atoms with Gasteiger partial charge in [0.1, 0.15) is 12.4 Å². The fraction of sp³-hybridized carbons (Fsp3) is 0.176. The van der Waals surface area contributed by atoms with Crippen molar-refractivity contribution in [2.45, 2.75) is 13.5 Å². The Morgan fingerprint density at radius 1 is 1.43 bits per heavy atom. The molecule has 1 aliphatic rings. The summed E-state index contributed by atoms with van der Waals surface area (Å²) in [7, 11) is 0. The Labute approximate surface area is 138 Å². The molecule has 2 aromatic rings. The molecule has 0 unspecified atom stereocenters. The van der Waals surface area contributed by atoms with Crippen molar-refractivity contribution >= 4 is 23.6 Å². The lowest BCUT2D eigenvalue weighted by Gasteiger charge is -2.16. The van der Waals surface area contributed by atoms with Crippen LogP contribution >= 0.6 is 11.6 Å². The Hall–Kier alpha value is -2.53. The van der Waals surface area contributed by atoms with Gasteiger partial charge in [-0.3, -0.25) is 4.79 Å². The first-order valence-electron chi connectivity index (χ1n) is 7.11. The first-order chi connectivity index (χ1) is 11.1. The number of aryl methyl sites for hydroxylation is 1.